The summed E-state index contributed by atoms with van der Waals surface area (Å²) in [5, 5.41) is 1.34. The van der Waals surface area contributed by atoms with E-state index in [4.69, 9.17) is 14.3 Å². The number of hydrogen-bond donors (Lipinski definition) is 0. The Balaban J connectivity index is 1.21. The van der Waals surface area contributed by atoms with Crippen molar-refractivity contribution in [3.8, 4) is 0 Å². The Morgan fingerprint density at radius 3 is 2.74 bits per heavy atom. The summed E-state index contributed by atoms with van der Waals surface area (Å²) in [7, 11) is 3.24. The Bertz CT molecular complexity index is 907. The van der Waals surface area contributed by atoms with E-state index in [2.05, 4.69) is 32.9 Å². The summed E-state index contributed by atoms with van der Waals surface area (Å²) in [6, 6.07) is 0. The van der Waals surface area contributed by atoms with Gasteiger partial charge in [-0.15, -0.1) is 0 Å². The van der Waals surface area contributed by atoms with Crippen LogP contribution in [0, 0.1) is 34.5 Å². The lowest BCUT2D eigenvalue weighted by Gasteiger charge is -2.58. The molecule has 0 spiro atoms. The number of hydrogen-bond acceptors (Lipinski definition) is 4. The second-order valence-corrected chi connectivity index (χ2v) is 13.6. The molecule has 0 aromatic rings. The van der Waals surface area contributed by atoms with Crippen molar-refractivity contribution < 1.29 is 19.1 Å². The Labute approximate surface area is 231 Å². The van der Waals surface area contributed by atoms with Crippen molar-refractivity contribution in [2.75, 3.05) is 20.8 Å². The molecular formula is C33H53NO4. The second kappa shape index (κ2) is 11.7. The summed E-state index contributed by atoms with van der Waals surface area (Å²) < 4.78 is 12.4. The first-order chi connectivity index (χ1) is 18.3. The maximum atomic E-state index is 12.0. The molecule has 0 N–H and O–H groups in total. The monoisotopic (exact) mass is 527 g/mol. The Kier molecular flexibility index (Phi) is 8.77. The van der Waals surface area contributed by atoms with Crippen molar-refractivity contribution in [2.45, 2.75) is 123 Å². The highest BCUT2D eigenvalue weighted by molar-refractivity contribution is 5.74. The molecule has 214 valence electrons. The molecule has 5 rings (SSSR count). The van der Waals surface area contributed by atoms with Crippen LogP contribution in [0.5, 0.6) is 0 Å². The van der Waals surface area contributed by atoms with Gasteiger partial charge in [-0.3, -0.25) is 9.63 Å². The molecule has 1 aliphatic heterocycles. The van der Waals surface area contributed by atoms with Crippen molar-refractivity contribution in [1.29, 1.82) is 0 Å². The number of fused-ring (bicyclic) bond motifs is 5. The topological polar surface area (TPSA) is 48.0 Å². The maximum absolute atomic E-state index is 12.0. The first kappa shape index (κ1) is 28.4. The van der Waals surface area contributed by atoms with Gasteiger partial charge in [-0.2, -0.15) is 0 Å². The lowest BCUT2D eigenvalue weighted by molar-refractivity contribution is -0.195. The number of carbonyl (C=O) groups is 1. The zero-order chi connectivity index (χ0) is 26.9. The third-order valence-corrected chi connectivity index (χ3v) is 11.8. The number of rotatable bonds is 8. The molecule has 3 saturated carbocycles. The van der Waals surface area contributed by atoms with Gasteiger partial charge in [0.05, 0.1) is 13.2 Å². The Hall–Kier alpha value is -1.17. The zero-order valence-corrected chi connectivity index (χ0v) is 24.8. The highest BCUT2D eigenvalue weighted by Gasteiger charge is 2.58. The van der Waals surface area contributed by atoms with Gasteiger partial charge >= 0.3 is 0 Å². The van der Waals surface area contributed by atoms with Crippen LogP contribution in [0.15, 0.2) is 23.3 Å². The minimum atomic E-state index is 0.0318. The molecule has 0 aromatic heterocycles. The van der Waals surface area contributed by atoms with Crippen LogP contribution in [0.25, 0.3) is 0 Å². The van der Waals surface area contributed by atoms with Crippen molar-refractivity contribution in [2.24, 2.45) is 34.5 Å². The third-order valence-electron chi connectivity index (χ3n) is 11.8. The van der Waals surface area contributed by atoms with E-state index in [1.807, 2.05) is 0 Å². The predicted octanol–water partition coefficient (Wildman–Crippen LogP) is 7.61. The van der Waals surface area contributed by atoms with Gasteiger partial charge in [0, 0.05) is 20.1 Å². The fraction of sp³-hybridized carbons (Fsp3) is 0.848. The van der Waals surface area contributed by atoms with Crippen LogP contribution < -0.4 is 0 Å². The van der Waals surface area contributed by atoms with Crippen LogP contribution in [0.4, 0.5) is 0 Å². The van der Waals surface area contributed by atoms with Gasteiger partial charge in [0.15, 0.2) is 6.29 Å². The molecule has 5 heteroatoms. The highest BCUT2D eigenvalue weighted by Crippen LogP contribution is 2.67. The smallest absolute Gasteiger partial charge is 0.245 e. The summed E-state index contributed by atoms with van der Waals surface area (Å²) in [5.74, 6) is 3.27. The van der Waals surface area contributed by atoms with Crippen molar-refractivity contribution in [3.63, 3.8) is 0 Å². The normalized spacial score (nSPS) is 41.1. The molecule has 8 atom stereocenters. The molecule has 4 aliphatic carbocycles. The van der Waals surface area contributed by atoms with Gasteiger partial charge < -0.3 is 9.47 Å². The van der Waals surface area contributed by atoms with E-state index in [0.29, 0.717) is 29.3 Å². The van der Waals surface area contributed by atoms with E-state index in [0.717, 1.165) is 50.0 Å². The maximum Gasteiger partial charge on any atom is 0.245 e. The van der Waals surface area contributed by atoms with Crippen molar-refractivity contribution in [1.82, 2.24) is 5.06 Å². The van der Waals surface area contributed by atoms with E-state index >= 15 is 0 Å². The lowest BCUT2D eigenvalue weighted by Crippen LogP contribution is -2.50. The number of carbonyl (C=O) groups excluding carboxylic acids is 1. The van der Waals surface area contributed by atoms with E-state index in [-0.39, 0.29) is 12.2 Å². The van der Waals surface area contributed by atoms with Crippen LogP contribution in [0.3, 0.4) is 0 Å². The molecule has 38 heavy (non-hydrogen) atoms. The van der Waals surface area contributed by atoms with Crippen LogP contribution >= 0.6 is 0 Å². The van der Waals surface area contributed by atoms with Crippen LogP contribution in [-0.2, 0) is 19.1 Å². The highest BCUT2D eigenvalue weighted by atomic mass is 16.7. The third kappa shape index (κ3) is 5.41. The average Bonchev–Trinajstić information content (AvgIpc) is 3.28. The summed E-state index contributed by atoms with van der Waals surface area (Å²) in [6.07, 6.45) is 21.7. The standard InChI is InChI=1S/C33H53NO4/c1-23(10-6-7-11-30(35)34(4)36-5)27-15-16-28-26-14-13-24-22-25(38-31-12-8-9-21-37-31)17-19-32(24,2)29(26)18-20-33(27,28)3/h10,13,25-29,31H,6-9,11-12,14-22H2,1-5H3/b23-10+/t25-,26-,27+,28-,29-,31?,32-,33+/m0/s1. The molecule has 4 fully saturated rings. The van der Waals surface area contributed by atoms with Gasteiger partial charge in [-0.1, -0.05) is 37.1 Å². The molecule has 0 aromatic carbocycles. The first-order valence-electron chi connectivity index (χ1n) is 15.7. The van der Waals surface area contributed by atoms with Gasteiger partial charge in [-0.05, 0) is 125 Å². The fourth-order valence-electron chi connectivity index (χ4n) is 9.51. The number of allylic oxidation sites excluding steroid dienone is 3. The van der Waals surface area contributed by atoms with Gasteiger partial charge in [0.25, 0.3) is 0 Å². The number of nitrogens with zero attached hydrogens (tertiary/aromatic N) is 1. The molecule has 0 radical (unpaired) electrons. The lowest BCUT2D eigenvalue weighted by atomic mass is 9.47. The number of amides is 1. The average molecular weight is 528 g/mol. The molecule has 5 nitrogen and oxygen atoms in total. The molecule has 0 bridgehead atoms. The molecule has 1 unspecified atom stereocenters. The molecule has 1 saturated heterocycles. The molecule has 1 heterocycles. The predicted molar refractivity (Wildman–Crippen MR) is 151 cm³/mol. The van der Waals surface area contributed by atoms with E-state index in [9.17, 15) is 4.79 Å². The van der Waals surface area contributed by atoms with Gasteiger partial charge in [0.1, 0.15) is 0 Å². The molecular weight excluding hydrogens is 474 g/mol. The van der Waals surface area contributed by atoms with Gasteiger partial charge in [0.2, 0.25) is 5.91 Å². The summed E-state index contributed by atoms with van der Waals surface area (Å²) >= 11 is 0. The Morgan fingerprint density at radius 1 is 1.13 bits per heavy atom. The number of hydroxylamine groups is 2. The minimum absolute atomic E-state index is 0.0318. The van der Waals surface area contributed by atoms with Crippen LogP contribution in [0.1, 0.15) is 111 Å². The SMILES string of the molecule is CON(C)C(=O)CCC/C=C(\C)[C@H]1CC[C@H]2[C@@H]3CC=C4C[C@@H](OC5CCCCO5)CC[C@]4(C)[C@H]3CC[C@]12C. The largest absolute Gasteiger partial charge is 0.353 e. The molecule has 5 aliphatic rings. The van der Waals surface area contributed by atoms with Crippen LogP contribution in [-0.4, -0.2) is 44.1 Å². The van der Waals surface area contributed by atoms with Crippen molar-refractivity contribution >= 4 is 5.91 Å². The van der Waals surface area contributed by atoms with Gasteiger partial charge in [-0.25, -0.2) is 5.06 Å². The minimum Gasteiger partial charge on any atom is -0.353 e. The molecule has 1 amide bonds. The van der Waals surface area contributed by atoms with E-state index in [1.54, 1.807) is 25.3 Å². The van der Waals surface area contributed by atoms with E-state index < -0.39 is 0 Å². The van der Waals surface area contributed by atoms with Crippen molar-refractivity contribution in [3.05, 3.63) is 23.3 Å². The summed E-state index contributed by atoms with van der Waals surface area (Å²) in [5.41, 5.74) is 4.06. The number of unbranched alkanes of at least 4 members (excludes halogenated alkanes) is 1. The fourth-order valence-corrected chi connectivity index (χ4v) is 9.51. The Morgan fingerprint density at radius 2 is 1.97 bits per heavy atom. The van der Waals surface area contributed by atoms with E-state index in [1.165, 1.54) is 62.9 Å². The number of ether oxygens (including phenoxy) is 2. The summed E-state index contributed by atoms with van der Waals surface area (Å²) in [6.45, 7) is 8.45. The second-order valence-electron chi connectivity index (χ2n) is 13.6. The summed E-state index contributed by atoms with van der Waals surface area (Å²) in [4.78, 5) is 17.1. The first-order valence-corrected chi connectivity index (χ1v) is 15.7. The zero-order valence-electron chi connectivity index (χ0n) is 24.8. The van der Waals surface area contributed by atoms with Crippen LogP contribution in [0.2, 0.25) is 0 Å². The quantitative estimate of drug-likeness (QED) is 0.185.